The Bertz CT molecular complexity index is 1050. The van der Waals surface area contributed by atoms with Crippen molar-refractivity contribution in [2.75, 3.05) is 12.9 Å². The van der Waals surface area contributed by atoms with E-state index in [-0.39, 0.29) is 11.7 Å². The van der Waals surface area contributed by atoms with Crippen LogP contribution in [0.4, 0.5) is 0 Å². The SMILES string of the molecule is COc1cc(/C=N/NC(=O)CSc2ccc(Cl)cc2)cc(Br)c1OCc1ccccc1. The van der Waals surface area contributed by atoms with E-state index >= 15 is 0 Å². The molecule has 3 rings (SSSR count). The van der Waals surface area contributed by atoms with Gasteiger partial charge in [-0.1, -0.05) is 41.9 Å². The van der Waals surface area contributed by atoms with Crippen molar-refractivity contribution in [3.63, 3.8) is 0 Å². The maximum absolute atomic E-state index is 12.0. The summed E-state index contributed by atoms with van der Waals surface area (Å²) in [6.45, 7) is 0.421. The first kappa shape index (κ1) is 23.2. The Morgan fingerprint density at radius 1 is 1.16 bits per heavy atom. The molecule has 0 radical (unpaired) electrons. The molecule has 0 atom stereocenters. The van der Waals surface area contributed by atoms with Gasteiger partial charge in [-0.15, -0.1) is 11.8 Å². The number of carbonyl (C=O) groups is 1. The second kappa shape index (κ2) is 11.8. The third-order valence-electron chi connectivity index (χ3n) is 4.06. The first-order valence-corrected chi connectivity index (χ1v) is 11.5. The van der Waals surface area contributed by atoms with Crippen LogP contribution in [0.2, 0.25) is 5.02 Å². The first-order chi connectivity index (χ1) is 15.0. The van der Waals surface area contributed by atoms with E-state index in [1.165, 1.54) is 11.8 Å². The highest BCUT2D eigenvalue weighted by Crippen LogP contribution is 2.36. The van der Waals surface area contributed by atoms with Crippen LogP contribution < -0.4 is 14.9 Å². The summed E-state index contributed by atoms with van der Waals surface area (Å²) < 4.78 is 12.1. The number of nitrogens with one attached hydrogen (secondary N) is 1. The van der Waals surface area contributed by atoms with Crippen LogP contribution in [0.15, 0.2) is 81.2 Å². The van der Waals surface area contributed by atoms with Crippen molar-refractivity contribution in [2.24, 2.45) is 5.10 Å². The number of rotatable bonds is 9. The van der Waals surface area contributed by atoms with E-state index in [0.717, 1.165) is 20.5 Å². The van der Waals surface area contributed by atoms with Crippen molar-refractivity contribution in [3.05, 3.63) is 87.4 Å². The molecule has 1 amide bonds. The van der Waals surface area contributed by atoms with Gasteiger partial charge in [0.25, 0.3) is 0 Å². The standard InChI is InChI=1S/C23H20BrClN2O3S/c1-29-21-12-17(11-20(24)23(21)30-14-16-5-3-2-4-6-16)13-26-27-22(28)15-31-19-9-7-18(25)8-10-19/h2-13H,14-15H2,1H3,(H,27,28)/b26-13+. The number of thioether (sulfide) groups is 1. The van der Waals surface area contributed by atoms with Crippen LogP contribution >= 0.6 is 39.3 Å². The molecule has 3 aromatic rings. The third kappa shape index (κ3) is 7.31. The highest BCUT2D eigenvalue weighted by atomic mass is 79.9. The lowest BCUT2D eigenvalue weighted by Gasteiger charge is -2.13. The Morgan fingerprint density at radius 2 is 1.90 bits per heavy atom. The van der Waals surface area contributed by atoms with Gasteiger partial charge in [0.1, 0.15) is 6.61 Å². The minimum Gasteiger partial charge on any atom is -0.493 e. The number of ether oxygens (including phenoxy) is 2. The van der Waals surface area contributed by atoms with Crippen LogP contribution in [0.1, 0.15) is 11.1 Å². The van der Waals surface area contributed by atoms with E-state index in [0.29, 0.717) is 23.1 Å². The third-order valence-corrected chi connectivity index (χ3v) is 5.92. The second-order valence-corrected chi connectivity index (χ2v) is 8.68. The van der Waals surface area contributed by atoms with Crippen LogP contribution in [-0.2, 0) is 11.4 Å². The molecule has 0 aliphatic heterocycles. The van der Waals surface area contributed by atoms with Gasteiger partial charge in [0, 0.05) is 9.92 Å². The second-order valence-electron chi connectivity index (χ2n) is 6.34. The van der Waals surface area contributed by atoms with Crippen LogP contribution in [0, 0.1) is 0 Å². The molecule has 160 valence electrons. The molecule has 0 aliphatic rings. The molecule has 0 saturated carbocycles. The number of benzene rings is 3. The van der Waals surface area contributed by atoms with E-state index in [1.54, 1.807) is 31.5 Å². The summed E-state index contributed by atoms with van der Waals surface area (Å²) in [6.07, 6.45) is 1.55. The highest BCUT2D eigenvalue weighted by Gasteiger charge is 2.11. The van der Waals surface area contributed by atoms with E-state index in [9.17, 15) is 4.79 Å². The smallest absolute Gasteiger partial charge is 0.250 e. The van der Waals surface area contributed by atoms with Crippen molar-refractivity contribution >= 4 is 51.4 Å². The molecule has 0 heterocycles. The Kier molecular flexibility index (Phi) is 8.82. The van der Waals surface area contributed by atoms with Crippen molar-refractivity contribution in [1.29, 1.82) is 0 Å². The van der Waals surface area contributed by atoms with E-state index in [1.807, 2.05) is 48.5 Å². The fourth-order valence-corrected chi connectivity index (χ4v) is 3.97. The molecule has 8 heteroatoms. The Morgan fingerprint density at radius 3 is 2.61 bits per heavy atom. The number of hydrogen-bond donors (Lipinski definition) is 1. The minimum atomic E-state index is -0.204. The number of nitrogens with zero attached hydrogens (tertiary/aromatic N) is 1. The van der Waals surface area contributed by atoms with Gasteiger partial charge in [0.05, 0.1) is 23.5 Å². The zero-order valence-electron chi connectivity index (χ0n) is 16.7. The molecule has 3 aromatic carbocycles. The minimum absolute atomic E-state index is 0.204. The van der Waals surface area contributed by atoms with Gasteiger partial charge < -0.3 is 9.47 Å². The topological polar surface area (TPSA) is 59.9 Å². The van der Waals surface area contributed by atoms with Crippen LogP contribution in [0.3, 0.4) is 0 Å². The number of hydrazone groups is 1. The molecule has 0 saturated heterocycles. The average molecular weight is 520 g/mol. The summed E-state index contributed by atoms with van der Waals surface area (Å²) in [5.74, 6) is 1.21. The fraction of sp³-hybridized carbons (Fsp3) is 0.130. The number of carbonyl (C=O) groups excluding carboxylic acids is 1. The van der Waals surface area contributed by atoms with Crippen molar-refractivity contribution in [1.82, 2.24) is 5.43 Å². The largest absolute Gasteiger partial charge is 0.493 e. The maximum atomic E-state index is 12.0. The summed E-state index contributed by atoms with van der Waals surface area (Å²) in [5, 5.41) is 4.69. The van der Waals surface area contributed by atoms with Gasteiger partial charge in [-0.3, -0.25) is 4.79 Å². The van der Waals surface area contributed by atoms with Crippen molar-refractivity contribution in [3.8, 4) is 11.5 Å². The van der Waals surface area contributed by atoms with Crippen LogP contribution in [-0.4, -0.2) is 25.0 Å². The zero-order chi connectivity index (χ0) is 22.1. The Balaban J connectivity index is 1.56. The summed E-state index contributed by atoms with van der Waals surface area (Å²) in [4.78, 5) is 13.0. The summed E-state index contributed by atoms with van der Waals surface area (Å²) in [5.41, 5.74) is 4.34. The molecule has 0 fully saturated rings. The lowest BCUT2D eigenvalue weighted by atomic mass is 10.2. The molecule has 0 aromatic heterocycles. The van der Waals surface area contributed by atoms with Gasteiger partial charge >= 0.3 is 0 Å². The molecule has 0 unspecified atom stereocenters. The molecule has 0 spiro atoms. The summed E-state index contributed by atoms with van der Waals surface area (Å²) in [7, 11) is 1.58. The predicted molar refractivity (Wildman–Crippen MR) is 129 cm³/mol. The number of hydrogen-bond acceptors (Lipinski definition) is 5. The van der Waals surface area contributed by atoms with E-state index in [2.05, 4.69) is 26.5 Å². The molecule has 5 nitrogen and oxygen atoms in total. The predicted octanol–water partition coefficient (Wildman–Crippen LogP) is 5.93. The highest BCUT2D eigenvalue weighted by molar-refractivity contribution is 9.10. The quantitative estimate of drug-likeness (QED) is 0.216. The van der Waals surface area contributed by atoms with E-state index < -0.39 is 0 Å². The average Bonchev–Trinajstić information content (AvgIpc) is 2.78. The molecular formula is C23H20BrClN2O3S. The lowest BCUT2D eigenvalue weighted by molar-refractivity contribution is -0.118. The van der Waals surface area contributed by atoms with Gasteiger partial charge in [0.2, 0.25) is 5.91 Å². The number of halogens is 2. The Labute approximate surface area is 198 Å². The van der Waals surface area contributed by atoms with Crippen LogP contribution in [0.5, 0.6) is 11.5 Å². The molecule has 0 bridgehead atoms. The molecule has 1 N–H and O–H groups in total. The number of amides is 1. The summed E-state index contributed by atoms with van der Waals surface area (Å²) >= 11 is 10.8. The first-order valence-electron chi connectivity index (χ1n) is 9.29. The van der Waals surface area contributed by atoms with Gasteiger partial charge in [0.15, 0.2) is 11.5 Å². The van der Waals surface area contributed by atoms with Crippen molar-refractivity contribution < 1.29 is 14.3 Å². The lowest BCUT2D eigenvalue weighted by Crippen LogP contribution is -2.19. The number of methoxy groups -OCH3 is 1. The monoisotopic (exact) mass is 518 g/mol. The molecular weight excluding hydrogens is 500 g/mol. The molecule has 0 aliphatic carbocycles. The van der Waals surface area contributed by atoms with Gasteiger partial charge in [-0.05, 0) is 63.5 Å². The normalized spacial score (nSPS) is 10.8. The summed E-state index contributed by atoms with van der Waals surface area (Å²) in [6, 6.07) is 20.8. The maximum Gasteiger partial charge on any atom is 0.250 e. The van der Waals surface area contributed by atoms with Gasteiger partial charge in [-0.25, -0.2) is 5.43 Å². The van der Waals surface area contributed by atoms with Crippen LogP contribution in [0.25, 0.3) is 0 Å². The molecule has 31 heavy (non-hydrogen) atoms. The fourth-order valence-electron chi connectivity index (χ4n) is 2.57. The Hall–Kier alpha value is -2.48. The van der Waals surface area contributed by atoms with Crippen molar-refractivity contribution in [2.45, 2.75) is 11.5 Å². The zero-order valence-corrected chi connectivity index (χ0v) is 19.8. The van der Waals surface area contributed by atoms with Gasteiger partial charge in [-0.2, -0.15) is 5.10 Å². The van der Waals surface area contributed by atoms with E-state index in [4.69, 9.17) is 21.1 Å².